The van der Waals surface area contributed by atoms with E-state index in [9.17, 15) is 19.5 Å². The molecule has 0 saturated carbocycles. The van der Waals surface area contributed by atoms with Crippen LogP contribution in [0.25, 0.3) is 0 Å². The van der Waals surface area contributed by atoms with Crippen LogP contribution in [0.1, 0.15) is 34.6 Å². The molecule has 1 amide bonds. The van der Waals surface area contributed by atoms with Gasteiger partial charge in [-0.05, 0) is 37.6 Å². The maximum atomic E-state index is 12.2. The molecule has 3 N–H and O–H groups in total. The average molecular weight is 383 g/mol. The van der Waals surface area contributed by atoms with Gasteiger partial charge in [-0.15, -0.1) is 0 Å². The van der Waals surface area contributed by atoms with Gasteiger partial charge in [0.15, 0.2) is 5.75 Å². The molecule has 1 atom stereocenters. The van der Waals surface area contributed by atoms with Crippen LogP contribution in [0.15, 0.2) is 44.5 Å². The maximum Gasteiger partial charge on any atom is 0.257 e. The van der Waals surface area contributed by atoms with E-state index >= 15 is 0 Å². The Balaban J connectivity index is 1.88. The number of phenols is 1. The van der Waals surface area contributed by atoms with E-state index in [0.717, 1.165) is 5.56 Å². The number of nitrogens with one attached hydrogen (secondary N) is 2. The summed E-state index contributed by atoms with van der Waals surface area (Å²) in [5.74, 6) is -0.0564. The molecule has 0 unspecified atom stereocenters. The molecule has 3 rings (SSSR count). The van der Waals surface area contributed by atoms with Crippen molar-refractivity contribution >= 4 is 23.0 Å². The smallest absolute Gasteiger partial charge is 0.257 e. The molecule has 0 aliphatic rings. The molecule has 8 heteroatoms. The SMILES string of the molecule is Cc1coc([C@@H](C)Nc2c(Nc3cccc(C(=O)N(C)C)c3O)c(=O)c2=O)c1. The number of aromatic hydroxyl groups is 1. The van der Waals surface area contributed by atoms with Crippen LogP contribution in [0.2, 0.25) is 0 Å². The number of nitrogens with zero attached hydrogens (tertiary/aromatic N) is 1. The molecule has 0 saturated heterocycles. The van der Waals surface area contributed by atoms with Crippen LogP contribution in [0.5, 0.6) is 5.75 Å². The minimum absolute atomic E-state index is 0.0323. The number of hydrogen-bond donors (Lipinski definition) is 3. The minimum Gasteiger partial charge on any atom is -0.505 e. The zero-order valence-corrected chi connectivity index (χ0v) is 16.0. The van der Waals surface area contributed by atoms with Gasteiger partial charge in [-0.25, -0.2) is 0 Å². The molecule has 2 aromatic carbocycles. The standard InChI is InChI=1S/C20H21N3O5/c1-10-8-14(28-9-10)11(2)21-15-16(19(26)18(15)25)22-13-7-5-6-12(17(13)24)20(27)23(3)4/h5-9,11,21-22,24H,1-4H3/t11-/m1/s1. The largest absolute Gasteiger partial charge is 0.505 e. The first-order chi connectivity index (χ1) is 13.2. The number of anilines is 3. The van der Waals surface area contributed by atoms with Gasteiger partial charge in [-0.1, -0.05) is 6.07 Å². The molecular formula is C20H21N3O5. The van der Waals surface area contributed by atoms with Crippen molar-refractivity contribution in [3.63, 3.8) is 0 Å². The molecule has 0 aliphatic heterocycles. The molecule has 1 aromatic heterocycles. The van der Waals surface area contributed by atoms with Crippen LogP contribution in [-0.2, 0) is 0 Å². The molecular weight excluding hydrogens is 362 g/mol. The average Bonchev–Trinajstić information content (AvgIpc) is 3.11. The number of benzene rings is 1. The minimum atomic E-state index is -0.700. The van der Waals surface area contributed by atoms with Crippen LogP contribution in [-0.4, -0.2) is 30.0 Å². The van der Waals surface area contributed by atoms with Gasteiger partial charge in [0, 0.05) is 14.1 Å². The van der Waals surface area contributed by atoms with Gasteiger partial charge in [0.1, 0.15) is 17.1 Å². The molecule has 0 bridgehead atoms. The van der Waals surface area contributed by atoms with E-state index in [-0.39, 0.29) is 40.3 Å². The monoisotopic (exact) mass is 383 g/mol. The Kier molecular flexibility index (Phi) is 4.96. The Morgan fingerprint density at radius 1 is 1.18 bits per heavy atom. The fraction of sp³-hybridized carbons (Fsp3) is 0.250. The van der Waals surface area contributed by atoms with E-state index in [1.807, 2.05) is 13.0 Å². The summed E-state index contributed by atoms with van der Waals surface area (Å²) >= 11 is 0. The van der Waals surface area contributed by atoms with Gasteiger partial charge in [0.05, 0.1) is 23.6 Å². The first kappa shape index (κ1) is 19.2. The zero-order valence-electron chi connectivity index (χ0n) is 16.0. The van der Waals surface area contributed by atoms with Crippen molar-refractivity contribution in [2.24, 2.45) is 0 Å². The molecule has 0 aliphatic carbocycles. The van der Waals surface area contributed by atoms with Crippen molar-refractivity contribution in [3.8, 4) is 5.75 Å². The fourth-order valence-electron chi connectivity index (χ4n) is 2.81. The van der Waals surface area contributed by atoms with Gasteiger partial charge in [-0.2, -0.15) is 0 Å². The fourth-order valence-corrected chi connectivity index (χ4v) is 2.81. The highest BCUT2D eigenvalue weighted by Gasteiger charge is 2.25. The molecule has 0 radical (unpaired) electrons. The van der Waals surface area contributed by atoms with Crippen LogP contribution >= 0.6 is 0 Å². The van der Waals surface area contributed by atoms with Gasteiger partial charge in [0.25, 0.3) is 16.8 Å². The Labute approximate surface area is 161 Å². The number of rotatable bonds is 6. The molecule has 0 fully saturated rings. The van der Waals surface area contributed by atoms with Crippen molar-refractivity contribution in [3.05, 3.63) is 67.9 Å². The summed E-state index contributed by atoms with van der Waals surface area (Å²) in [7, 11) is 3.14. The van der Waals surface area contributed by atoms with Gasteiger partial charge < -0.3 is 25.1 Å². The Bertz CT molecular complexity index is 1110. The molecule has 28 heavy (non-hydrogen) atoms. The highest BCUT2D eigenvalue weighted by Crippen LogP contribution is 2.33. The number of phenolic OH excluding ortho intramolecular Hbond substituents is 1. The van der Waals surface area contributed by atoms with Crippen molar-refractivity contribution in [2.75, 3.05) is 24.7 Å². The molecule has 3 aromatic rings. The zero-order chi connectivity index (χ0) is 20.6. The number of aryl methyl sites for hydroxylation is 1. The number of para-hydroxylation sites is 1. The molecule has 8 nitrogen and oxygen atoms in total. The Morgan fingerprint density at radius 2 is 1.86 bits per heavy atom. The van der Waals surface area contributed by atoms with Crippen LogP contribution < -0.4 is 21.5 Å². The topological polar surface area (TPSA) is 112 Å². The first-order valence-corrected chi connectivity index (χ1v) is 8.66. The summed E-state index contributed by atoms with van der Waals surface area (Å²) < 4.78 is 5.41. The second-order valence-corrected chi connectivity index (χ2v) is 6.83. The lowest BCUT2D eigenvalue weighted by atomic mass is 10.1. The van der Waals surface area contributed by atoms with E-state index in [4.69, 9.17) is 4.42 Å². The van der Waals surface area contributed by atoms with Gasteiger partial charge in [-0.3, -0.25) is 14.4 Å². The Hall–Kier alpha value is -3.55. The predicted octanol–water partition coefficient (Wildman–Crippen LogP) is 2.51. The molecule has 1 heterocycles. The Morgan fingerprint density at radius 3 is 2.46 bits per heavy atom. The third-order valence-corrected chi connectivity index (χ3v) is 4.38. The second kappa shape index (κ2) is 7.22. The lowest BCUT2D eigenvalue weighted by Crippen LogP contribution is -2.37. The third-order valence-electron chi connectivity index (χ3n) is 4.38. The summed E-state index contributed by atoms with van der Waals surface area (Å²) in [6, 6.07) is 6.06. The lowest BCUT2D eigenvalue weighted by Gasteiger charge is -2.19. The van der Waals surface area contributed by atoms with Crippen molar-refractivity contribution < 1.29 is 14.3 Å². The summed E-state index contributed by atoms with van der Waals surface area (Å²) in [6.45, 7) is 3.68. The van der Waals surface area contributed by atoms with Crippen molar-refractivity contribution in [1.82, 2.24) is 4.90 Å². The van der Waals surface area contributed by atoms with E-state index in [0.29, 0.717) is 5.76 Å². The van der Waals surface area contributed by atoms with E-state index < -0.39 is 10.9 Å². The first-order valence-electron chi connectivity index (χ1n) is 8.66. The molecule has 0 spiro atoms. The molecule has 146 valence electrons. The number of amides is 1. The third kappa shape index (κ3) is 3.36. The maximum absolute atomic E-state index is 12.2. The normalized spacial score (nSPS) is 12.0. The number of furan rings is 1. The summed E-state index contributed by atoms with van der Waals surface area (Å²) in [5, 5.41) is 16.1. The number of carbonyl (C=O) groups excluding carboxylic acids is 1. The predicted molar refractivity (Wildman–Crippen MR) is 106 cm³/mol. The summed E-state index contributed by atoms with van der Waals surface area (Å²) in [5.41, 5.74) is -0.0295. The highest BCUT2D eigenvalue weighted by molar-refractivity contribution is 5.99. The summed E-state index contributed by atoms with van der Waals surface area (Å²) in [4.78, 5) is 37.6. The quantitative estimate of drug-likeness (QED) is 0.443. The van der Waals surface area contributed by atoms with E-state index in [1.165, 1.54) is 17.0 Å². The van der Waals surface area contributed by atoms with Crippen LogP contribution in [0, 0.1) is 6.92 Å². The second-order valence-electron chi connectivity index (χ2n) is 6.83. The summed E-state index contributed by atoms with van der Waals surface area (Å²) in [6.07, 6.45) is 1.60. The number of carbonyl (C=O) groups is 1. The van der Waals surface area contributed by atoms with E-state index in [2.05, 4.69) is 10.6 Å². The lowest BCUT2D eigenvalue weighted by molar-refractivity contribution is 0.0824. The van der Waals surface area contributed by atoms with E-state index in [1.54, 1.807) is 33.3 Å². The number of hydrogen-bond acceptors (Lipinski definition) is 7. The van der Waals surface area contributed by atoms with Gasteiger partial charge in [0.2, 0.25) is 0 Å². The van der Waals surface area contributed by atoms with Crippen LogP contribution in [0.3, 0.4) is 0 Å². The van der Waals surface area contributed by atoms with Crippen molar-refractivity contribution in [1.29, 1.82) is 0 Å². The van der Waals surface area contributed by atoms with Crippen molar-refractivity contribution in [2.45, 2.75) is 19.9 Å². The van der Waals surface area contributed by atoms with Gasteiger partial charge >= 0.3 is 0 Å². The highest BCUT2D eigenvalue weighted by atomic mass is 16.3. The van der Waals surface area contributed by atoms with Crippen LogP contribution in [0.4, 0.5) is 17.1 Å².